The maximum atomic E-state index is 11.0. The van der Waals surface area contributed by atoms with Crippen LogP contribution in [0.4, 0.5) is 11.4 Å². The second kappa shape index (κ2) is 4.24. The summed E-state index contributed by atoms with van der Waals surface area (Å²) in [6.07, 6.45) is 0. The summed E-state index contributed by atoms with van der Waals surface area (Å²) in [5, 5.41) is 21.2. The van der Waals surface area contributed by atoms with E-state index in [2.05, 4.69) is 0 Å². The van der Waals surface area contributed by atoms with Crippen LogP contribution < -0.4 is 4.90 Å². The number of rotatable bonds is 3. The van der Waals surface area contributed by atoms with Gasteiger partial charge < -0.3 is 10.0 Å². The number of β-amino-alcohol motifs (C(OH)–C–C–N with tert-alkyl or cyclic N) is 1. The Morgan fingerprint density at radius 1 is 1.44 bits per heavy atom. The van der Waals surface area contributed by atoms with Crippen molar-refractivity contribution in [3.63, 3.8) is 0 Å². The Kier molecular flexibility index (Phi) is 3.02. The van der Waals surface area contributed by atoms with Gasteiger partial charge in [0.25, 0.3) is 5.69 Å². The molecule has 1 fully saturated rings. The van der Waals surface area contributed by atoms with Crippen molar-refractivity contribution in [3.05, 3.63) is 33.9 Å². The minimum atomic E-state index is -0.723. The van der Waals surface area contributed by atoms with E-state index >= 15 is 0 Å². The van der Waals surface area contributed by atoms with Crippen molar-refractivity contribution >= 4 is 11.4 Å². The summed E-state index contributed by atoms with van der Waals surface area (Å²) in [5.74, 6) is 0.151. The number of aliphatic hydroxyl groups is 1. The predicted octanol–water partition coefficient (Wildman–Crippen LogP) is 2.11. The fraction of sp³-hybridized carbons (Fsp3) is 0.538. The Balaban J connectivity index is 2.24. The molecule has 1 aromatic carbocycles. The molecule has 5 nitrogen and oxygen atoms in total. The third-order valence-corrected chi connectivity index (χ3v) is 3.67. The van der Waals surface area contributed by atoms with Crippen LogP contribution in [0, 0.1) is 23.0 Å². The Bertz CT molecular complexity index is 479. The SMILES string of the molecule is Cc1ccc(N2CC(O)(C(C)C)C2)c([N+](=O)[O-])c1. The van der Waals surface area contributed by atoms with E-state index in [1.54, 1.807) is 12.1 Å². The van der Waals surface area contributed by atoms with Gasteiger partial charge in [0.05, 0.1) is 4.92 Å². The van der Waals surface area contributed by atoms with E-state index in [4.69, 9.17) is 0 Å². The first-order valence-electron chi connectivity index (χ1n) is 6.06. The average molecular weight is 250 g/mol. The van der Waals surface area contributed by atoms with Gasteiger partial charge in [0.2, 0.25) is 0 Å². The summed E-state index contributed by atoms with van der Waals surface area (Å²) >= 11 is 0. The largest absolute Gasteiger partial charge is 0.386 e. The molecular weight excluding hydrogens is 232 g/mol. The molecule has 0 radical (unpaired) electrons. The lowest BCUT2D eigenvalue weighted by Gasteiger charge is -2.50. The molecule has 2 rings (SSSR count). The van der Waals surface area contributed by atoms with Gasteiger partial charge >= 0.3 is 0 Å². The van der Waals surface area contributed by atoms with Crippen LogP contribution in [0.1, 0.15) is 19.4 Å². The Morgan fingerprint density at radius 2 is 2.06 bits per heavy atom. The summed E-state index contributed by atoms with van der Waals surface area (Å²) in [5.41, 5.74) is 0.848. The van der Waals surface area contributed by atoms with E-state index in [9.17, 15) is 15.2 Å². The van der Waals surface area contributed by atoms with Gasteiger partial charge in [-0.1, -0.05) is 19.9 Å². The van der Waals surface area contributed by atoms with Crippen LogP contribution in [0.25, 0.3) is 0 Å². The molecule has 1 saturated heterocycles. The number of nitro benzene ring substituents is 1. The summed E-state index contributed by atoms with van der Waals surface area (Å²) < 4.78 is 0. The average Bonchev–Trinajstić information content (AvgIpc) is 2.24. The zero-order chi connectivity index (χ0) is 13.5. The van der Waals surface area contributed by atoms with Crippen molar-refractivity contribution in [2.75, 3.05) is 18.0 Å². The smallest absolute Gasteiger partial charge is 0.292 e. The highest BCUT2D eigenvalue weighted by Gasteiger charge is 2.45. The highest BCUT2D eigenvalue weighted by molar-refractivity contribution is 5.66. The van der Waals surface area contributed by atoms with Crippen LogP contribution >= 0.6 is 0 Å². The minimum Gasteiger partial charge on any atom is -0.386 e. The van der Waals surface area contributed by atoms with Crippen LogP contribution in [0.2, 0.25) is 0 Å². The second-order valence-corrected chi connectivity index (χ2v) is 5.36. The van der Waals surface area contributed by atoms with Gasteiger partial charge in [-0.3, -0.25) is 10.1 Å². The van der Waals surface area contributed by atoms with Crippen LogP contribution in [0.5, 0.6) is 0 Å². The third kappa shape index (κ3) is 2.06. The molecule has 1 N–H and O–H groups in total. The van der Waals surface area contributed by atoms with Crippen molar-refractivity contribution in [2.24, 2.45) is 5.92 Å². The van der Waals surface area contributed by atoms with Crippen LogP contribution in [0.3, 0.4) is 0 Å². The van der Waals surface area contributed by atoms with E-state index in [-0.39, 0.29) is 16.5 Å². The molecule has 0 aromatic heterocycles. The van der Waals surface area contributed by atoms with Gasteiger partial charge in [0.1, 0.15) is 11.3 Å². The van der Waals surface area contributed by atoms with Crippen molar-refractivity contribution < 1.29 is 10.0 Å². The number of benzene rings is 1. The molecule has 0 bridgehead atoms. The lowest BCUT2D eigenvalue weighted by molar-refractivity contribution is -0.384. The van der Waals surface area contributed by atoms with Crippen LogP contribution in [-0.4, -0.2) is 28.7 Å². The van der Waals surface area contributed by atoms with Crippen molar-refractivity contribution in [2.45, 2.75) is 26.4 Å². The molecule has 0 amide bonds. The Morgan fingerprint density at radius 3 is 2.56 bits per heavy atom. The van der Waals surface area contributed by atoms with E-state index in [1.165, 1.54) is 0 Å². The number of hydrogen-bond acceptors (Lipinski definition) is 4. The summed E-state index contributed by atoms with van der Waals surface area (Å²) in [6.45, 7) is 6.66. The molecule has 0 unspecified atom stereocenters. The normalized spacial score (nSPS) is 17.7. The number of nitrogens with zero attached hydrogens (tertiary/aromatic N) is 2. The van der Waals surface area contributed by atoms with Crippen molar-refractivity contribution in [3.8, 4) is 0 Å². The first kappa shape index (κ1) is 12.8. The highest BCUT2D eigenvalue weighted by atomic mass is 16.6. The summed E-state index contributed by atoms with van der Waals surface area (Å²) in [4.78, 5) is 12.5. The molecule has 18 heavy (non-hydrogen) atoms. The molecule has 0 aliphatic carbocycles. The summed E-state index contributed by atoms with van der Waals surface area (Å²) in [7, 11) is 0. The maximum absolute atomic E-state index is 11.0. The van der Waals surface area contributed by atoms with Gasteiger partial charge in [-0.05, 0) is 24.5 Å². The van der Waals surface area contributed by atoms with E-state index < -0.39 is 5.60 Å². The zero-order valence-corrected chi connectivity index (χ0v) is 10.9. The highest BCUT2D eigenvalue weighted by Crippen LogP contribution is 2.37. The maximum Gasteiger partial charge on any atom is 0.292 e. The lowest BCUT2D eigenvalue weighted by Crippen LogP contribution is -2.64. The second-order valence-electron chi connectivity index (χ2n) is 5.36. The molecule has 0 saturated carbocycles. The van der Waals surface area contributed by atoms with E-state index in [1.807, 2.05) is 31.7 Å². The first-order chi connectivity index (χ1) is 8.33. The summed E-state index contributed by atoms with van der Waals surface area (Å²) in [6, 6.07) is 5.19. The first-order valence-corrected chi connectivity index (χ1v) is 6.06. The van der Waals surface area contributed by atoms with Gasteiger partial charge in [0, 0.05) is 19.2 Å². The number of nitro groups is 1. The number of hydrogen-bond donors (Lipinski definition) is 1. The topological polar surface area (TPSA) is 66.6 Å². The molecule has 0 spiro atoms. The molecule has 0 atom stereocenters. The molecule has 98 valence electrons. The monoisotopic (exact) mass is 250 g/mol. The van der Waals surface area contributed by atoms with Gasteiger partial charge in [-0.15, -0.1) is 0 Å². The Hall–Kier alpha value is -1.62. The van der Waals surface area contributed by atoms with E-state index in [0.29, 0.717) is 18.8 Å². The van der Waals surface area contributed by atoms with Crippen molar-refractivity contribution in [1.29, 1.82) is 0 Å². The fourth-order valence-corrected chi connectivity index (χ4v) is 2.20. The van der Waals surface area contributed by atoms with E-state index in [0.717, 1.165) is 5.56 Å². The zero-order valence-electron chi connectivity index (χ0n) is 10.9. The quantitative estimate of drug-likeness (QED) is 0.659. The molecule has 5 heteroatoms. The fourth-order valence-electron chi connectivity index (χ4n) is 2.20. The molecule has 1 heterocycles. The number of aryl methyl sites for hydroxylation is 1. The standard InChI is InChI=1S/C13H18N2O3/c1-9(2)13(16)7-14(8-13)11-5-4-10(3)6-12(11)15(17)18/h4-6,9,16H,7-8H2,1-3H3. The molecule has 1 aliphatic rings. The van der Waals surface area contributed by atoms with Gasteiger partial charge in [0.15, 0.2) is 0 Å². The Labute approximate surface area is 106 Å². The van der Waals surface area contributed by atoms with Gasteiger partial charge in [-0.2, -0.15) is 0 Å². The minimum absolute atomic E-state index is 0.112. The van der Waals surface area contributed by atoms with Gasteiger partial charge in [-0.25, -0.2) is 0 Å². The van der Waals surface area contributed by atoms with Crippen LogP contribution in [0.15, 0.2) is 18.2 Å². The molecular formula is C13H18N2O3. The predicted molar refractivity (Wildman–Crippen MR) is 69.8 cm³/mol. The van der Waals surface area contributed by atoms with Crippen LogP contribution in [-0.2, 0) is 0 Å². The number of anilines is 1. The third-order valence-electron chi connectivity index (χ3n) is 3.67. The molecule has 1 aromatic rings. The molecule has 1 aliphatic heterocycles. The lowest BCUT2D eigenvalue weighted by atomic mass is 9.82. The van der Waals surface area contributed by atoms with Crippen molar-refractivity contribution in [1.82, 2.24) is 0 Å².